The van der Waals surface area contributed by atoms with Crippen molar-refractivity contribution in [3.63, 3.8) is 0 Å². The zero-order valence-corrected chi connectivity index (χ0v) is 22.4. The van der Waals surface area contributed by atoms with Gasteiger partial charge in [0.2, 0.25) is 5.54 Å². The lowest BCUT2D eigenvalue weighted by Crippen LogP contribution is -2.54. The zero-order chi connectivity index (χ0) is 27.7. The number of rotatable bonds is 6. The molecule has 39 heavy (non-hydrogen) atoms. The zero-order valence-electron chi connectivity index (χ0n) is 22.4. The number of nitrogens with zero attached hydrogens (tertiary/aromatic N) is 3. The highest BCUT2D eigenvalue weighted by Crippen LogP contribution is 2.32. The average Bonchev–Trinajstić information content (AvgIpc) is 3.39. The quantitative estimate of drug-likeness (QED) is 0.435. The molecule has 0 aromatic heterocycles. The van der Waals surface area contributed by atoms with Crippen LogP contribution in [0.1, 0.15) is 39.5 Å². The lowest BCUT2D eigenvalue weighted by atomic mass is 9.98. The highest BCUT2D eigenvalue weighted by Gasteiger charge is 2.48. The van der Waals surface area contributed by atoms with E-state index in [1.54, 1.807) is 6.07 Å². The number of urea groups is 1. The normalized spacial score (nSPS) is 21.3. The van der Waals surface area contributed by atoms with Gasteiger partial charge in [0.1, 0.15) is 0 Å². The van der Waals surface area contributed by atoms with Crippen molar-refractivity contribution in [2.24, 2.45) is 0 Å². The number of hydrogen-bond donors (Lipinski definition) is 2. The number of fused-ring (bicyclic) bond motifs is 1. The van der Waals surface area contributed by atoms with Gasteiger partial charge in [-0.3, -0.25) is 19.8 Å². The number of likely N-dealkylation sites (N-methyl/N-ethyl adjacent to an activating group) is 1. The molecule has 0 bridgehead atoms. The third kappa shape index (κ3) is 5.20. The van der Waals surface area contributed by atoms with Crippen molar-refractivity contribution in [3.8, 4) is 17.6 Å². The Kier molecular flexibility index (Phi) is 7.30. The molecule has 204 valence electrons. The van der Waals surface area contributed by atoms with Gasteiger partial charge in [-0.05, 0) is 48.4 Å². The molecule has 3 heterocycles. The minimum Gasteiger partial charge on any atom is -0.494 e. The average molecular weight is 534 g/mol. The largest absolute Gasteiger partial charge is 0.494 e. The summed E-state index contributed by atoms with van der Waals surface area (Å²) < 4.78 is 19.8. The Morgan fingerprint density at radius 2 is 1.82 bits per heavy atom. The summed E-state index contributed by atoms with van der Waals surface area (Å²) in [6.07, 6.45) is 0. The van der Waals surface area contributed by atoms with Crippen LogP contribution in [0.5, 0.6) is 5.75 Å². The molecule has 2 N–H and O–H groups in total. The molecule has 0 saturated carbocycles. The molecule has 4 amide bonds. The van der Waals surface area contributed by atoms with E-state index in [-0.39, 0.29) is 24.4 Å². The van der Waals surface area contributed by atoms with Crippen LogP contribution in [0.15, 0.2) is 30.3 Å². The molecule has 0 radical (unpaired) electrons. The van der Waals surface area contributed by atoms with Crippen molar-refractivity contribution in [2.45, 2.75) is 32.5 Å². The molecule has 9 nitrogen and oxygen atoms in total. The number of ether oxygens (including phenoxy) is 1. The number of carbonyl (C=O) groups is 3. The summed E-state index contributed by atoms with van der Waals surface area (Å²) in [5, 5.41) is 4.82. The van der Waals surface area contributed by atoms with Gasteiger partial charge in [-0.1, -0.05) is 30.9 Å². The van der Waals surface area contributed by atoms with Crippen LogP contribution in [0, 0.1) is 24.6 Å². The highest BCUT2D eigenvalue weighted by molar-refractivity contribution is 6.10. The maximum Gasteiger partial charge on any atom is 0.323 e. The predicted molar refractivity (Wildman–Crippen MR) is 143 cm³/mol. The van der Waals surface area contributed by atoms with E-state index in [4.69, 9.17) is 4.74 Å². The van der Waals surface area contributed by atoms with Gasteiger partial charge in [0, 0.05) is 44.8 Å². The van der Waals surface area contributed by atoms with Gasteiger partial charge in [-0.25, -0.2) is 9.18 Å². The number of hydrogen-bond acceptors (Lipinski definition) is 6. The first kappa shape index (κ1) is 26.7. The standard InChI is InChI=1S/C29H32FN5O4/c1-4-33-11-13-34(14-12-33)16-21-6-5-20(15-19(21)2)9-10-29(27(37)31-28(38)32-29)18-35-17-22-7-8-23(39-3)25(30)24(22)26(35)36/h5-8,15H,4,11-14,16-18H2,1-3H3,(H2,31,32,37,38)/t29-/m1/s1. The number of methoxy groups -OCH3 is 1. The molecule has 1 atom stereocenters. The SMILES string of the molecule is CCN1CCN(Cc2ccc(C#C[C@]3(CN4Cc5ccc(OC)c(F)c5C4=O)NC(=O)NC3=O)cc2C)CC1. The number of nitrogens with one attached hydrogen (secondary N) is 2. The van der Waals surface area contributed by atoms with Crippen LogP contribution >= 0.6 is 0 Å². The lowest BCUT2D eigenvalue weighted by Gasteiger charge is -2.34. The predicted octanol–water partition coefficient (Wildman–Crippen LogP) is 1.87. The molecule has 0 spiro atoms. The van der Waals surface area contributed by atoms with Crippen molar-refractivity contribution in [3.05, 3.63) is 64.0 Å². The van der Waals surface area contributed by atoms with Gasteiger partial charge < -0.3 is 19.9 Å². The second-order valence-corrected chi connectivity index (χ2v) is 10.2. The van der Waals surface area contributed by atoms with Crippen LogP contribution in [0.25, 0.3) is 0 Å². The van der Waals surface area contributed by atoms with Gasteiger partial charge in [0.15, 0.2) is 11.6 Å². The van der Waals surface area contributed by atoms with Crippen LogP contribution in [-0.4, -0.2) is 84.5 Å². The second kappa shape index (κ2) is 10.7. The Morgan fingerprint density at radius 3 is 2.46 bits per heavy atom. The fourth-order valence-corrected chi connectivity index (χ4v) is 5.33. The fourth-order valence-electron chi connectivity index (χ4n) is 5.33. The number of imide groups is 1. The van der Waals surface area contributed by atoms with Crippen LogP contribution in [0.3, 0.4) is 0 Å². The second-order valence-electron chi connectivity index (χ2n) is 10.2. The maximum absolute atomic E-state index is 14.8. The number of aryl methyl sites for hydroxylation is 1. The molecule has 2 fully saturated rings. The number of benzene rings is 2. The first-order valence-electron chi connectivity index (χ1n) is 13.1. The first-order valence-corrected chi connectivity index (χ1v) is 13.1. The summed E-state index contributed by atoms with van der Waals surface area (Å²) in [6.45, 7) is 10.2. The van der Waals surface area contributed by atoms with E-state index in [0.717, 1.165) is 44.8 Å². The van der Waals surface area contributed by atoms with Crippen molar-refractivity contribution >= 4 is 17.8 Å². The third-order valence-corrected chi connectivity index (χ3v) is 7.71. The van der Waals surface area contributed by atoms with Crippen molar-refractivity contribution in [2.75, 3.05) is 46.4 Å². The molecule has 10 heteroatoms. The Hall–Kier alpha value is -3.94. The Morgan fingerprint density at radius 1 is 1.08 bits per heavy atom. The number of halogens is 1. The third-order valence-electron chi connectivity index (χ3n) is 7.71. The Balaban J connectivity index is 1.35. The van der Waals surface area contributed by atoms with E-state index in [2.05, 4.69) is 39.2 Å². The first-order chi connectivity index (χ1) is 18.7. The summed E-state index contributed by atoms with van der Waals surface area (Å²) in [7, 11) is 1.33. The highest BCUT2D eigenvalue weighted by atomic mass is 19.1. The maximum atomic E-state index is 14.8. The van der Waals surface area contributed by atoms with E-state index in [1.807, 2.05) is 25.1 Å². The lowest BCUT2D eigenvalue weighted by molar-refractivity contribution is -0.122. The molecule has 5 rings (SSSR count). The van der Waals surface area contributed by atoms with Crippen molar-refractivity contribution < 1.29 is 23.5 Å². The van der Waals surface area contributed by atoms with Gasteiger partial charge in [0.25, 0.3) is 11.8 Å². The minimum atomic E-state index is -1.67. The molecule has 3 aliphatic rings. The molecule has 0 aliphatic carbocycles. The summed E-state index contributed by atoms with van der Waals surface area (Å²) in [5.74, 6) is 3.93. The Bertz CT molecular complexity index is 1390. The minimum absolute atomic E-state index is 0.0348. The van der Waals surface area contributed by atoms with Gasteiger partial charge in [-0.15, -0.1) is 0 Å². The van der Waals surface area contributed by atoms with Crippen LogP contribution in [0.4, 0.5) is 9.18 Å². The summed E-state index contributed by atoms with van der Waals surface area (Å²) in [5.41, 5.74) is 1.71. The monoisotopic (exact) mass is 533 g/mol. The van der Waals surface area contributed by atoms with Crippen LogP contribution in [-0.2, 0) is 17.9 Å². The molecule has 2 aromatic rings. The van der Waals surface area contributed by atoms with Crippen molar-refractivity contribution in [1.29, 1.82) is 0 Å². The molecule has 2 aromatic carbocycles. The summed E-state index contributed by atoms with van der Waals surface area (Å²) in [4.78, 5) is 44.3. The van der Waals surface area contributed by atoms with Gasteiger partial charge in [-0.2, -0.15) is 0 Å². The van der Waals surface area contributed by atoms with E-state index >= 15 is 0 Å². The van der Waals surface area contributed by atoms with Crippen LogP contribution in [0.2, 0.25) is 0 Å². The molecular weight excluding hydrogens is 501 g/mol. The van der Waals surface area contributed by atoms with Crippen molar-refractivity contribution in [1.82, 2.24) is 25.3 Å². The molecular formula is C29H32FN5O4. The molecule has 3 aliphatic heterocycles. The van der Waals surface area contributed by atoms with Crippen LogP contribution < -0.4 is 15.4 Å². The number of piperazine rings is 1. The van der Waals surface area contributed by atoms with E-state index in [1.165, 1.54) is 23.6 Å². The van der Waals surface area contributed by atoms with Gasteiger partial charge >= 0.3 is 6.03 Å². The topological polar surface area (TPSA) is 94.2 Å². The van der Waals surface area contributed by atoms with Gasteiger partial charge in [0.05, 0.1) is 19.2 Å². The number of amides is 4. The fraction of sp³-hybridized carbons (Fsp3) is 0.414. The summed E-state index contributed by atoms with van der Waals surface area (Å²) in [6, 6.07) is 8.30. The van der Waals surface area contributed by atoms with E-state index in [9.17, 15) is 18.8 Å². The van der Waals surface area contributed by atoms with E-state index < -0.39 is 29.2 Å². The van der Waals surface area contributed by atoms with E-state index in [0.29, 0.717) is 11.1 Å². The molecule has 2 saturated heterocycles. The summed E-state index contributed by atoms with van der Waals surface area (Å²) >= 11 is 0. The smallest absolute Gasteiger partial charge is 0.323 e. The number of carbonyl (C=O) groups excluding carboxylic acids is 3. The molecule has 0 unspecified atom stereocenters. The Labute approximate surface area is 227 Å².